The van der Waals surface area contributed by atoms with Crippen LogP contribution in [-0.4, -0.2) is 34.8 Å². The second-order valence-electron chi connectivity index (χ2n) is 7.18. The van der Waals surface area contributed by atoms with E-state index in [-0.39, 0.29) is 29.5 Å². The van der Waals surface area contributed by atoms with Gasteiger partial charge in [0.2, 0.25) is 11.8 Å². The number of carbonyl (C=O) groups is 2. The van der Waals surface area contributed by atoms with E-state index in [0.717, 1.165) is 10.4 Å². The van der Waals surface area contributed by atoms with Crippen molar-refractivity contribution in [3.63, 3.8) is 0 Å². The highest BCUT2D eigenvalue weighted by Crippen LogP contribution is 2.24. The number of benzene rings is 1. The highest BCUT2D eigenvalue weighted by Gasteiger charge is 2.28. The summed E-state index contributed by atoms with van der Waals surface area (Å²) in [4.78, 5) is 31.7. The van der Waals surface area contributed by atoms with Crippen LogP contribution < -0.4 is 5.32 Å². The van der Waals surface area contributed by atoms with Crippen molar-refractivity contribution in [2.75, 3.05) is 18.4 Å². The molecule has 1 aliphatic heterocycles. The molecular formula is C20H24FN3O2S. The Balaban J connectivity index is 1.51. The third kappa shape index (κ3) is 5.13. The van der Waals surface area contributed by atoms with Crippen molar-refractivity contribution in [1.29, 1.82) is 0 Å². The SMILES string of the molecule is CC(C)C(=O)N1CCC(C(=O)Nc2ncc(Cc3ccc(F)cc3)s2)CC1. The summed E-state index contributed by atoms with van der Waals surface area (Å²) in [7, 11) is 0. The highest BCUT2D eigenvalue weighted by atomic mass is 32.1. The van der Waals surface area contributed by atoms with E-state index in [2.05, 4.69) is 10.3 Å². The molecule has 2 heterocycles. The largest absolute Gasteiger partial charge is 0.342 e. The Morgan fingerprint density at radius 1 is 1.26 bits per heavy atom. The van der Waals surface area contributed by atoms with Crippen LogP contribution in [0.2, 0.25) is 0 Å². The molecule has 0 bridgehead atoms. The van der Waals surface area contributed by atoms with Crippen molar-refractivity contribution in [3.8, 4) is 0 Å². The van der Waals surface area contributed by atoms with Gasteiger partial charge in [-0.15, -0.1) is 11.3 Å². The minimum Gasteiger partial charge on any atom is -0.342 e. The Hall–Kier alpha value is -2.28. The van der Waals surface area contributed by atoms with Gasteiger partial charge in [-0.05, 0) is 30.5 Å². The molecular weight excluding hydrogens is 365 g/mol. The third-order valence-corrected chi connectivity index (χ3v) is 5.66. The van der Waals surface area contributed by atoms with Gasteiger partial charge in [0.05, 0.1) is 0 Å². The smallest absolute Gasteiger partial charge is 0.229 e. The van der Waals surface area contributed by atoms with Crippen LogP contribution in [0.4, 0.5) is 9.52 Å². The average Bonchev–Trinajstić information content (AvgIpc) is 3.09. The van der Waals surface area contributed by atoms with Gasteiger partial charge in [-0.2, -0.15) is 0 Å². The number of halogens is 1. The number of nitrogens with zero attached hydrogens (tertiary/aromatic N) is 2. The molecule has 27 heavy (non-hydrogen) atoms. The standard InChI is InChI=1S/C20H24FN3O2S/c1-13(2)19(26)24-9-7-15(8-10-24)18(25)23-20-22-12-17(27-20)11-14-3-5-16(21)6-4-14/h3-6,12-13,15H,7-11H2,1-2H3,(H,22,23,25). The predicted molar refractivity (Wildman–Crippen MR) is 104 cm³/mol. The van der Waals surface area contributed by atoms with E-state index in [1.54, 1.807) is 18.3 Å². The van der Waals surface area contributed by atoms with Crippen LogP contribution in [0.3, 0.4) is 0 Å². The molecule has 3 rings (SSSR count). The van der Waals surface area contributed by atoms with Gasteiger partial charge in [-0.1, -0.05) is 26.0 Å². The summed E-state index contributed by atoms with van der Waals surface area (Å²) < 4.78 is 13.0. The Morgan fingerprint density at radius 3 is 2.56 bits per heavy atom. The number of aromatic nitrogens is 1. The van der Waals surface area contributed by atoms with Gasteiger partial charge in [0.1, 0.15) is 5.82 Å². The molecule has 1 N–H and O–H groups in total. The van der Waals surface area contributed by atoms with E-state index < -0.39 is 0 Å². The number of likely N-dealkylation sites (tertiary alicyclic amines) is 1. The molecule has 0 aliphatic carbocycles. The first-order valence-corrected chi connectivity index (χ1v) is 10.0. The molecule has 0 radical (unpaired) electrons. The Morgan fingerprint density at radius 2 is 1.93 bits per heavy atom. The zero-order valence-electron chi connectivity index (χ0n) is 15.6. The molecule has 0 unspecified atom stereocenters. The molecule has 0 saturated carbocycles. The number of piperidine rings is 1. The second kappa shape index (κ2) is 8.61. The molecule has 1 aliphatic rings. The van der Waals surface area contributed by atoms with E-state index in [1.165, 1.54) is 23.5 Å². The van der Waals surface area contributed by atoms with Crippen molar-refractivity contribution in [2.45, 2.75) is 33.1 Å². The lowest BCUT2D eigenvalue weighted by molar-refractivity contribution is -0.137. The van der Waals surface area contributed by atoms with Crippen molar-refractivity contribution in [2.24, 2.45) is 11.8 Å². The first-order chi connectivity index (χ1) is 12.9. The molecule has 0 spiro atoms. The molecule has 2 aromatic rings. The average molecular weight is 389 g/mol. The van der Waals surface area contributed by atoms with Gasteiger partial charge in [0.25, 0.3) is 0 Å². The van der Waals surface area contributed by atoms with Crippen molar-refractivity contribution in [1.82, 2.24) is 9.88 Å². The molecule has 5 nitrogen and oxygen atoms in total. The maximum atomic E-state index is 13.0. The lowest BCUT2D eigenvalue weighted by Crippen LogP contribution is -2.43. The van der Waals surface area contributed by atoms with Gasteiger partial charge in [-0.25, -0.2) is 9.37 Å². The van der Waals surface area contributed by atoms with Crippen LogP contribution in [0, 0.1) is 17.7 Å². The Bertz CT molecular complexity index is 796. The molecule has 1 aromatic carbocycles. The molecule has 144 valence electrons. The van der Waals surface area contributed by atoms with E-state index in [0.29, 0.717) is 37.5 Å². The third-order valence-electron chi connectivity index (χ3n) is 4.75. The molecule has 2 amide bonds. The van der Waals surface area contributed by atoms with Gasteiger partial charge in [0.15, 0.2) is 5.13 Å². The summed E-state index contributed by atoms with van der Waals surface area (Å²) in [6, 6.07) is 6.38. The quantitative estimate of drug-likeness (QED) is 0.848. The van der Waals surface area contributed by atoms with Gasteiger partial charge < -0.3 is 10.2 Å². The minimum atomic E-state index is -0.253. The van der Waals surface area contributed by atoms with Crippen LogP contribution in [-0.2, 0) is 16.0 Å². The predicted octanol–water partition coefficient (Wildman–Crippen LogP) is 3.71. The zero-order chi connectivity index (χ0) is 19.4. The monoisotopic (exact) mass is 389 g/mol. The topological polar surface area (TPSA) is 62.3 Å². The number of amides is 2. The summed E-state index contributed by atoms with van der Waals surface area (Å²) in [5.74, 6) is -0.235. The van der Waals surface area contributed by atoms with Crippen molar-refractivity contribution >= 4 is 28.3 Å². The van der Waals surface area contributed by atoms with E-state index in [9.17, 15) is 14.0 Å². The normalized spacial score (nSPS) is 15.2. The van der Waals surface area contributed by atoms with E-state index in [4.69, 9.17) is 0 Å². The van der Waals surface area contributed by atoms with Gasteiger partial charge in [0, 0.05) is 42.4 Å². The van der Waals surface area contributed by atoms with Crippen LogP contribution >= 0.6 is 11.3 Å². The summed E-state index contributed by atoms with van der Waals surface area (Å²) in [6.07, 6.45) is 3.76. The highest BCUT2D eigenvalue weighted by molar-refractivity contribution is 7.15. The van der Waals surface area contributed by atoms with Crippen LogP contribution in [0.25, 0.3) is 0 Å². The molecule has 0 atom stereocenters. The number of rotatable bonds is 5. The summed E-state index contributed by atoms with van der Waals surface area (Å²) in [5.41, 5.74) is 1.00. The number of carbonyl (C=O) groups excluding carboxylic acids is 2. The van der Waals surface area contributed by atoms with Gasteiger partial charge in [-0.3, -0.25) is 9.59 Å². The van der Waals surface area contributed by atoms with Crippen molar-refractivity contribution in [3.05, 3.63) is 46.7 Å². The molecule has 7 heteroatoms. The van der Waals surface area contributed by atoms with Gasteiger partial charge >= 0.3 is 0 Å². The van der Waals surface area contributed by atoms with Crippen molar-refractivity contribution < 1.29 is 14.0 Å². The number of anilines is 1. The number of hydrogen-bond donors (Lipinski definition) is 1. The fourth-order valence-corrected chi connectivity index (χ4v) is 4.03. The maximum absolute atomic E-state index is 13.0. The number of nitrogens with one attached hydrogen (secondary N) is 1. The van der Waals surface area contributed by atoms with E-state index >= 15 is 0 Å². The summed E-state index contributed by atoms with van der Waals surface area (Å²) in [6.45, 7) is 5.05. The molecule has 1 fully saturated rings. The Kier molecular flexibility index (Phi) is 6.21. The lowest BCUT2D eigenvalue weighted by Gasteiger charge is -2.32. The van der Waals surface area contributed by atoms with Crippen LogP contribution in [0.15, 0.2) is 30.5 Å². The second-order valence-corrected chi connectivity index (χ2v) is 8.29. The fraction of sp³-hybridized carbons (Fsp3) is 0.450. The fourth-order valence-electron chi connectivity index (χ4n) is 3.19. The number of thiazole rings is 1. The molecule has 1 saturated heterocycles. The maximum Gasteiger partial charge on any atom is 0.229 e. The van der Waals surface area contributed by atoms with Crippen LogP contribution in [0.1, 0.15) is 37.1 Å². The molecule has 1 aromatic heterocycles. The number of hydrogen-bond acceptors (Lipinski definition) is 4. The first-order valence-electron chi connectivity index (χ1n) is 9.21. The minimum absolute atomic E-state index is 0.00905. The summed E-state index contributed by atoms with van der Waals surface area (Å²) in [5, 5.41) is 3.48. The van der Waals surface area contributed by atoms with E-state index in [1.807, 2.05) is 18.7 Å². The Labute approximate surface area is 162 Å². The van der Waals surface area contributed by atoms with Crippen LogP contribution in [0.5, 0.6) is 0 Å². The summed E-state index contributed by atoms with van der Waals surface area (Å²) >= 11 is 1.43. The lowest BCUT2D eigenvalue weighted by atomic mass is 9.95. The zero-order valence-corrected chi connectivity index (χ0v) is 16.4. The first kappa shape index (κ1) is 19.5.